The van der Waals surface area contributed by atoms with Gasteiger partial charge in [0, 0.05) is 0 Å². The Kier molecular flexibility index (Phi) is 3.74. The maximum absolute atomic E-state index is 12.5. The van der Waals surface area contributed by atoms with Crippen molar-refractivity contribution >= 4 is 21.2 Å². The second kappa shape index (κ2) is 6.07. The summed E-state index contributed by atoms with van der Waals surface area (Å²) in [7, 11) is -3.94. The molecule has 6 heteroatoms. The molecule has 124 valence electrons. The first kappa shape index (κ1) is 15.4. The van der Waals surface area contributed by atoms with Crippen LogP contribution in [0.4, 0.5) is 0 Å². The lowest BCUT2D eigenvalue weighted by Crippen LogP contribution is -2.10. The molecule has 0 aliphatic heterocycles. The predicted molar refractivity (Wildman–Crippen MR) is 93.7 cm³/mol. The van der Waals surface area contributed by atoms with Gasteiger partial charge in [-0.15, -0.1) is 0 Å². The zero-order chi connectivity index (χ0) is 17.3. The van der Waals surface area contributed by atoms with E-state index in [-0.39, 0.29) is 10.6 Å². The number of rotatable bonds is 4. The van der Waals surface area contributed by atoms with E-state index in [1.54, 1.807) is 48.5 Å². The minimum absolute atomic E-state index is 0.0855. The molecule has 0 radical (unpaired) electrons. The Morgan fingerprint density at radius 3 is 2.28 bits per heavy atom. The van der Waals surface area contributed by atoms with Crippen LogP contribution < -0.4 is 4.18 Å². The van der Waals surface area contributed by atoms with E-state index >= 15 is 0 Å². The van der Waals surface area contributed by atoms with E-state index in [0.29, 0.717) is 22.6 Å². The summed E-state index contributed by atoms with van der Waals surface area (Å²) in [4.78, 5) is 4.49. The van der Waals surface area contributed by atoms with Crippen LogP contribution in [-0.4, -0.2) is 13.4 Å². The maximum Gasteiger partial charge on any atom is 0.339 e. The van der Waals surface area contributed by atoms with Crippen molar-refractivity contribution in [1.82, 2.24) is 4.98 Å². The van der Waals surface area contributed by atoms with Gasteiger partial charge in [0.25, 0.3) is 0 Å². The van der Waals surface area contributed by atoms with Crippen LogP contribution in [-0.2, 0) is 10.1 Å². The first-order valence-electron chi connectivity index (χ1n) is 7.58. The Morgan fingerprint density at radius 2 is 1.48 bits per heavy atom. The fourth-order valence-corrected chi connectivity index (χ4v) is 3.43. The van der Waals surface area contributed by atoms with E-state index in [4.69, 9.17) is 8.60 Å². The van der Waals surface area contributed by atoms with Crippen LogP contribution >= 0.6 is 0 Å². The average Bonchev–Trinajstić information content (AvgIpc) is 3.06. The molecule has 0 atom stereocenters. The van der Waals surface area contributed by atoms with E-state index in [1.165, 1.54) is 12.1 Å². The zero-order valence-corrected chi connectivity index (χ0v) is 13.8. The SMILES string of the molecule is O=S(=O)(Oc1ccccc1-c1nc2ccccc2o1)c1ccccc1. The van der Waals surface area contributed by atoms with Crippen molar-refractivity contribution < 1.29 is 17.0 Å². The Hall–Kier alpha value is -3.12. The topological polar surface area (TPSA) is 69.4 Å². The molecular formula is C19H13NO4S. The normalized spacial score (nSPS) is 11.5. The van der Waals surface area contributed by atoms with Crippen LogP contribution in [0.2, 0.25) is 0 Å². The summed E-state index contributed by atoms with van der Waals surface area (Å²) in [5.74, 6) is 0.470. The van der Waals surface area contributed by atoms with Crippen molar-refractivity contribution in [3.8, 4) is 17.2 Å². The molecule has 0 spiro atoms. The molecule has 0 fully saturated rings. The lowest BCUT2D eigenvalue weighted by Gasteiger charge is -2.09. The highest BCUT2D eigenvalue weighted by atomic mass is 32.2. The van der Waals surface area contributed by atoms with Gasteiger partial charge in [-0.3, -0.25) is 0 Å². The maximum atomic E-state index is 12.5. The van der Waals surface area contributed by atoms with Crippen molar-refractivity contribution in [2.24, 2.45) is 0 Å². The molecule has 1 heterocycles. The molecule has 0 aliphatic rings. The quantitative estimate of drug-likeness (QED) is 0.514. The van der Waals surface area contributed by atoms with Gasteiger partial charge in [0.15, 0.2) is 11.3 Å². The first-order valence-corrected chi connectivity index (χ1v) is 8.99. The van der Waals surface area contributed by atoms with E-state index in [1.807, 2.05) is 18.2 Å². The smallest absolute Gasteiger partial charge is 0.339 e. The van der Waals surface area contributed by atoms with Crippen molar-refractivity contribution in [2.45, 2.75) is 4.90 Å². The van der Waals surface area contributed by atoms with Gasteiger partial charge >= 0.3 is 10.1 Å². The summed E-state index contributed by atoms with van der Waals surface area (Å²) < 4.78 is 36.0. The number of oxazole rings is 1. The Morgan fingerprint density at radius 1 is 0.800 bits per heavy atom. The van der Waals surface area contributed by atoms with Crippen molar-refractivity contribution in [2.75, 3.05) is 0 Å². The van der Waals surface area contributed by atoms with Crippen LogP contribution in [0.15, 0.2) is 88.2 Å². The van der Waals surface area contributed by atoms with Gasteiger partial charge < -0.3 is 8.60 Å². The molecule has 0 amide bonds. The van der Waals surface area contributed by atoms with E-state index in [9.17, 15) is 8.42 Å². The molecule has 0 unspecified atom stereocenters. The molecular weight excluding hydrogens is 338 g/mol. The monoisotopic (exact) mass is 351 g/mol. The van der Waals surface area contributed by atoms with Crippen molar-refractivity contribution in [1.29, 1.82) is 0 Å². The zero-order valence-electron chi connectivity index (χ0n) is 13.0. The minimum Gasteiger partial charge on any atom is -0.436 e. The number of aromatic nitrogens is 1. The van der Waals surface area contributed by atoms with Crippen LogP contribution in [0.1, 0.15) is 0 Å². The Balaban J connectivity index is 1.77. The second-order valence-corrected chi connectivity index (χ2v) is 6.88. The number of para-hydroxylation sites is 3. The molecule has 3 aromatic carbocycles. The molecule has 0 saturated carbocycles. The summed E-state index contributed by atoms with van der Waals surface area (Å²) in [6, 6.07) is 22.1. The predicted octanol–water partition coefficient (Wildman–Crippen LogP) is 4.26. The van der Waals surface area contributed by atoms with Gasteiger partial charge in [-0.2, -0.15) is 8.42 Å². The summed E-state index contributed by atoms with van der Waals surface area (Å²) in [6.07, 6.45) is 0. The van der Waals surface area contributed by atoms with Crippen LogP contribution in [0.3, 0.4) is 0 Å². The Labute approximate surface area is 144 Å². The number of hydrogen-bond acceptors (Lipinski definition) is 5. The van der Waals surface area contributed by atoms with E-state index in [0.717, 1.165) is 0 Å². The van der Waals surface area contributed by atoms with Gasteiger partial charge in [0.2, 0.25) is 5.89 Å². The molecule has 4 aromatic rings. The third-order valence-corrected chi connectivity index (χ3v) is 4.89. The van der Waals surface area contributed by atoms with Crippen LogP contribution in [0.25, 0.3) is 22.6 Å². The standard InChI is InChI=1S/C19H13NO4S/c21-25(22,14-8-2-1-3-9-14)24-17-12-6-4-10-15(17)19-20-16-11-5-7-13-18(16)23-19/h1-13H. The molecule has 5 nitrogen and oxygen atoms in total. The molecule has 4 rings (SSSR count). The molecule has 0 saturated heterocycles. The molecule has 0 bridgehead atoms. The first-order chi connectivity index (χ1) is 12.1. The van der Waals surface area contributed by atoms with Crippen molar-refractivity contribution in [3.63, 3.8) is 0 Å². The lowest BCUT2D eigenvalue weighted by atomic mass is 10.2. The van der Waals surface area contributed by atoms with Gasteiger partial charge in [-0.1, -0.05) is 42.5 Å². The fraction of sp³-hybridized carbons (Fsp3) is 0. The van der Waals surface area contributed by atoms with Crippen molar-refractivity contribution in [3.05, 3.63) is 78.9 Å². The summed E-state index contributed by atoms with van der Waals surface area (Å²) in [5, 5.41) is 0. The third-order valence-electron chi connectivity index (χ3n) is 3.64. The molecule has 0 N–H and O–H groups in total. The Bertz CT molecular complexity index is 1100. The fourth-order valence-electron chi connectivity index (χ4n) is 2.46. The number of hydrogen-bond donors (Lipinski definition) is 0. The highest BCUT2D eigenvalue weighted by molar-refractivity contribution is 7.87. The van der Waals surface area contributed by atoms with E-state index in [2.05, 4.69) is 4.98 Å². The molecule has 1 aromatic heterocycles. The number of nitrogens with zero attached hydrogens (tertiary/aromatic N) is 1. The highest BCUT2D eigenvalue weighted by Crippen LogP contribution is 2.33. The summed E-state index contributed by atoms with van der Waals surface area (Å²) >= 11 is 0. The lowest BCUT2D eigenvalue weighted by molar-refractivity contribution is 0.485. The minimum atomic E-state index is -3.94. The van der Waals surface area contributed by atoms with Gasteiger partial charge in [0.1, 0.15) is 10.4 Å². The highest BCUT2D eigenvalue weighted by Gasteiger charge is 2.20. The summed E-state index contributed by atoms with van der Waals surface area (Å²) in [5.41, 5.74) is 1.79. The van der Waals surface area contributed by atoms with Gasteiger partial charge in [-0.25, -0.2) is 4.98 Å². The third kappa shape index (κ3) is 2.99. The number of fused-ring (bicyclic) bond motifs is 1. The summed E-state index contributed by atoms with van der Waals surface area (Å²) in [6.45, 7) is 0. The molecule has 25 heavy (non-hydrogen) atoms. The number of benzene rings is 3. The second-order valence-electron chi connectivity index (χ2n) is 5.33. The largest absolute Gasteiger partial charge is 0.436 e. The average molecular weight is 351 g/mol. The van der Waals surface area contributed by atoms with Gasteiger partial charge in [0.05, 0.1) is 5.56 Å². The van der Waals surface area contributed by atoms with Gasteiger partial charge in [-0.05, 0) is 36.4 Å². The van der Waals surface area contributed by atoms with Crippen LogP contribution in [0.5, 0.6) is 5.75 Å². The molecule has 0 aliphatic carbocycles. The van der Waals surface area contributed by atoms with Crippen LogP contribution in [0, 0.1) is 0 Å². The van der Waals surface area contributed by atoms with E-state index < -0.39 is 10.1 Å².